The van der Waals surface area contributed by atoms with Crippen molar-refractivity contribution in [2.24, 2.45) is 0 Å². The van der Waals surface area contributed by atoms with Crippen LogP contribution in [0.1, 0.15) is 21.5 Å². The number of carboxylic acids is 1. The molecular weight excluding hydrogens is 276 g/mol. The van der Waals surface area contributed by atoms with E-state index in [9.17, 15) is 14.9 Å². The number of aromatic nitrogens is 2. The Morgan fingerprint density at radius 2 is 2.24 bits per heavy atom. The molecule has 8 nitrogen and oxygen atoms in total. The molecule has 2 aromatic rings. The van der Waals surface area contributed by atoms with Crippen LogP contribution in [0.4, 0.5) is 11.5 Å². The Morgan fingerprint density at radius 1 is 1.48 bits per heavy atom. The molecule has 0 saturated heterocycles. The minimum absolute atomic E-state index is 0.0215. The van der Waals surface area contributed by atoms with Gasteiger partial charge in [0, 0.05) is 31.2 Å². The number of hydrogen-bond donors (Lipinski definition) is 2. The fourth-order valence-corrected chi connectivity index (χ4v) is 1.71. The minimum Gasteiger partial charge on any atom is -0.478 e. The zero-order valence-corrected chi connectivity index (χ0v) is 11.1. The van der Waals surface area contributed by atoms with Crippen molar-refractivity contribution < 1.29 is 14.8 Å². The molecule has 0 radical (unpaired) electrons. The summed E-state index contributed by atoms with van der Waals surface area (Å²) in [6, 6.07) is 2.81. The lowest BCUT2D eigenvalue weighted by atomic mass is 10.1. The molecular formula is C13H12N4O4. The summed E-state index contributed by atoms with van der Waals surface area (Å²) < 4.78 is 0. The van der Waals surface area contributed by atoms with Crippen LogP contribution >= 0.6 is 0 Å². The van der Waals surface area contributed by atoms with Crippen LogP contribution in [-0.2, 0) is 6.54 Å². The number of aromatic carboxylic acids is 1. The number of nitrogens with zero attached hydrogens (tertiary/aromatic N) is 3. The van der Waals surface area contributed by atoms with Crippen LogP contribution in [0.3, 0.4) is 0 Å². The molecule has 0 bridgehead atoms. The number of nitrogens with one attached hydrogen (secondary N) is 1. The number of nitro groups is 1. The number of carbonyl (C=O) groups is 1. The van der Waals surface area contributed by atoms with Gasteiger partial charge in [0.25, 0.3) is 0 Å². The van der Waals surface area contributed by atoms with E-state index in [0.717, 1.165) is 23.4 Å². The minimum atomic E-state index is -1.26. The van der Waals surface area contributed by atoms with Crippen LogP contribution in [0.15, 0.2) is 30.7 Å². The first-order chi connectivity index (χ1) is 9.99. The molecule has 0 aliphatic carbocycles. The summed E-state index contributed by atoms with van der Waals surface area (Å²) in [5.74, 6) is -1.24. The van der Waals surface area contributed by atoms with E-state index in [1.165, 1.54) is 0 Å². The average Bonchev–Trinajstić information content (AvgIpc) is 2.46. The molecule has 0 fully saturated rings. The molecule has 2 heterocycles. The van der Waals surface area contributed by atoms with Crippen molar-refractivity contribution in [3.8, 4) is 0 Å². The molecule has 21 heavy (non-hydrogen) atoms. The van der Waals surface area contributed by atoms with E-state index in [2.05, 4.69) is 15.3 Å². The largest absolute Gasteiger partial charge is 0.478 e. The zero-order valence-electron chi connectivity index (χ0n) is 11.1. The van der Waals surface area contributed by atoms with Crippen LogP contribution in [0.25, 0.3) is 0 Å². The summed E-state index contributed by atoms with van der Waals surface area (Å²) in [6.45, 7) is 2.20. The maximum Gasteiger partial charge on any atom is 0.337 e. The Morgan fingerprint density at radius 3 is 2.86 bits per heavy atom. The Labute approximate surface area is 119 Å². The zero-order chi connectivity index (χ0) is 15.4. The second kappa shape index (κ2) is 5.95. The number of carboxylic acid groups (broad SMARTS) is 1. The molecule has 0 atom stereocenters. The first kappa shape index (κ1) is 14.4. The SMILES string of the molecule is Cc1ccncc1CNc1ncc(C(=O)O)cc1[N+](=O)[O-]. The molecule has 0 aliphatic rings. The van der Waals surface area contributed by atoms with Gasteiger partial charge in [-0.15, -0.1) is 0 Å². The van der Waals surface area contributed by atoms with E-state index in [1.54, 1.807) is 12.4 Å². The third-order valence-corrected chi connectivity index (χ3v) is 2.90. The maximum atomic E-state index is 11.0. The average molecular weight is 288 g/mol. The third kappa shape index (κ3) is 3.30. The molecule has 2 N–H and O–H groups in total. The monoisotopic (exact) mass is 288 g/mol. The van der Waals surface area contributed by atoms with Gasteiger partial charge in [-0.25, -0.2) is 9.78 Å². The van der Waals surface area contributed by atoms with E-state index >= 15 is 0 Å². The van der Waals surface area contributed by atoms with Crippen LogP contribution in [0, 0.1) is 17.0 Å². The van der Waals surface area contributed by atoms with Gasteiger partial charge in [-0.3, -0.25) is 15.1 Å². The predicted molar refractivity (Wildman–Crippen MR) is 74.2 cm³/mol. The van der Waals surface area contributed by atoms with Gasteiger partial charge >= 0.3 is 11.7 Å². The van der Waals surface area contributed by atoms with E-state index < -0.39 is 10.9 Å². The van der Waals surface area contributed by atoms with Gasteiger partial charge in [0.2, 0.25) is 5.82 Å². The smallest absolute Gasteiger partial charge is 0.337 e. The van der Waals surface area contributed by atoms with Gasteiger partial charge in [-0.2, -0.15) is 0 Å². The summed E-state index contributed by atoms with van der Waals surface area (Å²) in [7, 11) is 0. The number of pyridine rings is 2. The van der Waals surface area contributed by atoms with Gasteiger partial charge in [0.05, 0.1) is 10.5 Å². The molecule has 0 saturated carbocycles. The van der Waals surface area contributed by atoms with Crippen LogP contribution in [0.2, 0.25) is 0 Å². The second-order valence-electron chi connectivity index (χ2n) is 4.31. The second-order valence-corrected chi connectivity index (χ2v) is 4.31. The highest BCUT2D eigenvalue weighted by Gasteiger charge is 2.18. The number of hydrogen-bond acceptors (Lipinski definition) is 6. The molecule has 0 spiro atoms. The van der Waals surface area contributed by atoms with Crippen molar-refractivity contribution in [2.75, 3.05) is 5.32 Å². The van der Waals surface area contributed by atoms with Crippen molar-refractivity contribution >= 4 is 17.5 Å². The van der Waals surface area contributed by atoms with E-state index in [0.29, 0.717) is 6.54 Å². The van der Waals surface area contributed by atoms with Crippen molar-refractivity contribution in [2.45, 2.75) is 13.5 Å². The van der Waals surface area contributed by atoms with Gasteiger partial charge in [0.15, 0.2) is 0 Å². The molecule has 8 heteroatoms. The van der Waals surface area contributed by atoms with Crippen molar-refractivity contribution in [3.05, 3.63) is 57.5 Å². The molecule has 2 aromatic heterocycles. The summed E-state index contributed by atoms with van der Waals surface area (Å²) >= 11 is 0. The Bertz CT molecular complexity index is 702. The quantitative estimate of drug-likeness (QED) is 0.638. The van der Waals surface area contributed by atoms with Crippen molar-refractivity contribution in [1.29, 1.82) is 0 Å². The molecule has 0 aliphatic heterocycles. The summed E-state index contributed by atoms with van der Waals surface area (Å²) in [5.41, 5.74) is 1.25. The fourth-order valence-electron chi connectivity index (χ4n) is 1.71. The van der Waals surface area contributed by atoms with Gasteiger partial charge in [0.1, 0.15) is 0 Å². The normalized spacial score (nSPS) is 10.1. The summed E-state index contributed by atoms with van der Waals surface area (Å²) in [5, 5.41) is 22.7. The van der Waals surface area contributed by atoms with Gasteiger partial charge in [-0.1, -0.05) is 0 Å². The lowest BCUT2D eigenvalue weighted by molar-refractivity contribution is -0.384. The highest BCUT2D eigenvalue weighted by atomic mass is 16.6. The van der Waals surface area contributed by atoms with E-state index in [1.807, 2.05) is 13.0 Å². The van der Waals surface area contributed by atoms with Crippen LogP contribution < -0.4 is 5.32 Å². The lowest BCUT2D eigenvalue weighted by Gasteiger charge is -2.08. The first-order valence-corrected chi connectivity index (χ1v) is 6.00. The predicted octanol–water partition coefficient (Wildman–Crippen LogP) is 2.00. The summed E-state index contributed by atoms with van der Waals surface area (Å²) in [6.07, 6.45) is 4.38. The molecule has 2 rings (SSSR count). The lowest BCUT2D eigenvalue weighted by Crippen LogP contribution is -2.08. The number of rotatable bonds is 5. The fraction of sp³-hybridized carbons (Fsp3) is 0.154. The van der Waals surface area contributed by atoms with Crippen LogP contribution in [0.5, 0.6) is 0 Å². The third-order valence-electron chi connectivity index (χ3n) is 2.90. The van der Waals surface area contributed by atoms with Crippen molar-refractivity contribution in [3.63, 3.8) is 0 Å². The Hall–Kier alpha value is -3.03. The van der Waals surface area contributed by atoms with E-state index in [-0.39, 0.29) is 17.1 Å². The maximum absolute atomic E-state index is 11.0. The Kier molecular flexibility index (Phi) is 4.07. The van der Waals surface area contributed by atoms with Crippen LogP contribution in [-0.4, -0.2) is 26.0 Å². The van der Waals surface area contributed by atoms with Gasteiger partial charge in [-0.05, 0) is 24.1 Å². The number of aryl methyl sites for hydroxylation is 1. The highest BCUT2D eigenvalue weighted by molar-refractivity contribution is 5.88. The van der Waals surface area contributed by atoms with E-state index in [4.69, 9.17) is 5.11 Å². The summed E-state index contributed by atoms with van der Waals surface area (Å²) in [4.78, 5) is 28.9. The molecule has 0 aromatic carbocycles. The Balaban J connectivity index is 2.26. The number of anilines is 1. The topological polar surface area (TPSA) is 118 Å². The van der Waals surface area contributed by atoms with Crippen molar-refractivity contribution in [1.82, 2.24) is 9.97 Å². The molecule has 108 valence electrons. The first-order valence-electron chi connectivity index (χ1n) is 6.00. The standard InChI is InChI=1S/C13H12N4O4/c1-8-2-3-14-5-10(8)7-16-12-11(17(20)21)4-9(6-15-12)13(18)19/h2-6H,7H2,1H3,(H,15,16)(H,18,19). The molecule has 0 unspecified atom stereocenters. The highest BCUT2D eigenvalue weighted by Crippen LogP contribution is 2.23. The molecule has 0 amide bonds. The van der Waals surface area contributed by atoms with Gasteiger partial charge < -0.3 is 10.4 Å².